The van der Waals surface area contributed by atoms with E-state index >= 15 is 0 Å². The third kappa shape index (κ3) is 2.03. The molecule has 1 aliphatic carbocycles. The first-order valence-electron chi connectivity index (χ1n) is 7.56. The second-order valence-electron chi connectivity index (χ2n) is 6.25. The zero-order valence-electron chi connectivity index (χ0n) is 11.8. The summed E-state index contributed by atoms with van der Waals surface area (Å²) < 4.78 is 1.39. The third-order valence-corrected chi connectivity index (χ3v) is 5.05. The molecule has 0 aromatic carbocycles. The van der Waals surface area contributed by atoms with Crippen molar-refractivity contribution in [3.05, 3.63) is 22.9 Å². The number of aromatic amines is 1. The van der Waals surface area contributed by atoms with Crippen molar-refractivity contribution in [2.45, 2.75) is 37.7 Å². The third-order valence-electron chi connectivity index (χ3n) is 5.05. The van der Waals surface area contributed by atoms with Crippen molar-refractivity contribution in [3.8, 4) is 0 Å². The summed E-state index contributed by atoms with van der Waals surface area (Å²) in [6.07, 6.45) is 6.63. The molecule has 2 N–H and O–H groups in total. The molecule has 0 bridgehead atoms. The van der Waals surface area contributed by atoms with Gasteiger partial charge in [-0.1, -0.05) is 12.8 Å². The van der Waals surface area contributed by atoms with Crippen molar-refractivity contribution in [3.63, 3.8) is 0 Å². The van der Waals surface area contributed by atoms with E-state index in [1.165, 1.54) is 17.1 Å². The molecule has 7 heteroatoms. The van der Waals surface area contributed by atoms with Crippen molar-refractivity contribution < 1.29 is 5.11 Å². The first-order valence-corrected chi connectivity index (χ1v) is 7.56. The lowest BCUT2D eigenvalue weighted by atomic mass is 9.71. The summed E-state index contributed by atoms with van der Waals surface area (Å²) in [5.74, 6) is 1.15. The van der Waals surface area contributed by atoms with Crippen LogP contribution in [0.3, 0.4) is 0 Å². The SMILES string of the molecule is O=c1[nH]nc2cc(N3CCC4(O)CCCCC4C3)ncn12. The molecule has 0 radical (unpaired) electrons. The van der Waals surface area contributed by atoms with E-state index in [2.05, 4.69) is 20.1 Å². The molecule has 1 saturated heterocycles. The number of hydrogen-bond acceptors (Lipinski definition) is 5. The highest BCUT2D eigenvalue weighted by molar-refractivity contribution is 5.50. The van der Waals surface area contributed by atoms with Crippen LogP contribution >= 0.6 is 0 Å². The molecule has 2 unspecified atom stereocenters. The number of rotatable bonds is 1. The zero-order valence-corrected chi connectivity index (χ0v) is 11.8. The molecule has 2 aromatic rings. The van der Waals surface area contributed by atoms with Crippen molar-refractivity contribution in [2.24, 2.45) is 5.92 Å². The van der Waals surface area contributed by atoms with E-state index in [1.54, 1.807) is 0 Å². The Bertz CT molecular complexity index is 723. The molecule has 2 atom stereocenters. The summed E-state index contributed by atoms with van der Waals surface area (Å²) >= 11 is 0. The number of hydrogen-bond donors (Lipinski definition) is 2. The summed E-state index contributed by atoms with van der Waals surface area (Å²) in [5.41, 5.74) is -0.180. The number of aliphatic hydroxyl groups is 1. The number of fused-ring (bicyclic) bond motifs is 2. The van der Waals surface area contributed by atoms with E-state index in [4.69, 9.17) is 0 Å². The van der Waals surface area contributed by atoms with Gasteiger partial charge in [-0.25, -0.2) is 19.3 Å². The lowest BCUT2D eigenvalue weighted by Gasteiger charge is -2.47. The Morgan fingerprint density at radius 1 is 1.38 bits per heavy atom. The molecular weight excluding hydrogens is 270 g/mol. The average molecular weight is 289 g/mol. The number of anilines is 1. The van der Waals surface area contributed by atoms with Gasteiger partial charge in [-0.2, -0.15) is 5.10 Å². The Balaban J connectivity index is 1.62. The van der Waals surface area contributed by atoms with Crippen LogP contribution in [0.25, 0.3) is 5.65 Å². The van der Waals surface area contributed by atoms with E-state index in [9.17, 15) is 9.90 Å². The van der Waals surface area contributed by atoms with E-state index in [-0.39, 0.29) is 5.69 Å². The zero-order chi connectivity index (χ0) is 14.4. The molecule has 0 amide bonds. The quantitative estimate of drug-likeness (QED) is 0.800. The molecule has 21 heavy (non-hydrogen) atoms. The van der Waals surface area contributed by atoms with Crippen LogP contribution in [-0.4, -0.2) is 43.4 Å². The van der Waals surface area contributed by atoms with Crippen LogP contribution in [0, 0.1) is 5.92 Å². The second-order valence-corrected chi connectivity index (χ2v) is 6.25. The minimum atomic E-state index is -0.484. The molecule has 1 aliphatic heterocycles. The predicted octanol–water partition coefficient (Wildman–Crippen LogP) is 0.549. The number of H-pyrrole nitrogens is 1. The van der Waals surface area contributed by atoms with Gasteiger partial charge >= 0.3 is 5.69 Å². The van der Waals surface area contributed by atoms with Crippen molar-refractivity contribution in [2.75, 3.05) is 18.0 Å². The lowest BCUT2D eigenvalue weighted by Crippen LogP contribution is -2.53. The van der Waals surface area contributed by atoms with Crippen LogP contribution in [0.15, 0.2) is 17.2 Å². The molecule has 4 rings (SSSR count). The van der Waals surface area contributed by atoms with E-state index < -0.39 is 5.60 Å². The van der Waals surface area contributed by atoms with Gasteiger partial charge in [-0.3, -0.25) is 0 Å². The number of aromatic nitrogens is 4. The van der Waals surface area contributed by atoms with Gasteiger partial charge in [0, 0.05) is 25.1 Å². The molecular formula is C14H19N5O2. The Labute approximate surface area is 121 Å². The topological polar surface area (TPSA) is 86.5 Å². The smallest absolute Gasteiger partial charge is 0.348 e. The maximum atomic E-state index is 11.5. The van der Waals surface area contributed by atoms with Gasteiger partial charge in [-0.15, -0.1) is 0 Å². The Morgan fingerprint density at radius 3 is 3.19 bits per heavy atom. The summed E-state index contributed by atoms with van der Waals surface area (Å²) in [7, 11) is 0. The van der Waals surface area contributed by atoms with E-state index in [1.807, 2.05) is 6.07 Å². The van der Waals surface area contributed by atoms with Crippen LogP contribution in [0.5, 0.6) is 0 Å². The van der Waals surface area contributed by atoms with Crippen LogP contribution in [0.4, 0.5) is 5.82 Å². The van der Waals surface area contributed by atoms with Crippen molar-refractivity contribution >= 4 is 11.5 Å². The summed E-state index contributed by atoms with van der Waals surface area (Å²) in [5, 5.41) is 17.1. The molecule has 3 heterocycles. The number of nitrogens with zero attached hydrogens (tertiary/aromatic N) is 4. The molecule has 0 spiro atoms. The highest BCUT2D eigenvalue weighted by Crippen LogP contribution is 2.40. The van der Waals surface area contributed by atoms with E-state index in [0.717, 1.165) is 44.6 Å². The standard InChI is InChI=1S/C14H19N5O2/c20-13-17-16-12-7-11(15-9-19(12)13)18-6-5-14(21)4-2-1-3-10(14)8-18/h7,9-10,21H,1-6,8H2,(H,17,20). The van der Waals surface area contributed by atoms with Gasteiger partial charge in [0.15, 0.2) is 5.65 Å². The maximum Gasteiger partial charge on any atom is 0.348 e. The van der Waals surface area contributed by atoms with Crippen LogP contribution < -0.4 is 10.6 Å². The minimum Gasteiger partial charge on any atom is -0.389 e. The maximum absolute atomic E-state index is 11.5. The van der Waals surface area contributed by atoms with Crippen LogP contribution in [0.1, 0.15) is 32.1 Å². The highest BCUT2D eigenvalue weighted by Gasteiger charge is 2.42. The summed E-state index contributed by atoms with van der Waals surface area (Å²) in [4.78, 5) is 18.0. The fourth-order valence-corrected chi connectivity index (χ4v) is 3.75. The summed E-state index contributed by atoms with van der Waals surface area (Å²) in [6.45, 7) is 1.62. The average Bonchev–Trinajstić information content (AvgIpc) is 2.87. The first-order chi connectivity index (χ1) is 10.2. The van der Waals surface area contributed by atoms with Gasteiger partial charge in [0.1, 0.15) is 12.1 Å². The fraction of sp³-hybridized carbons (Fsp3) is 0.643. The second kappa shape index (κ2) is 4.56. The Morgan fingerprint density at radius 2 is 2.29 bits per heavy atom. The number of piperidine rings is 1. The summed E-state index contributed by atoms with van der Waals surface area (Å²) in [6, 6.07) is 1.82. The molecule has 112 valence electrons. The van der Waals surface area contributed by atoms with E-state index in [0.29, 0.717) is 11.6 Å². The molecule has 2 aliphatic rings. The normalized spacial score (nSPS) is 29.6. The van der Waals surface area contributed by atoms with Gasteiger partial charge in [0.25, 0.3) is 0 Å². The molecule has 1 saturated carbocycles. The predicted molar refractivity (Wildman–Crippen MR) is 77.3 cm³/mol. The highest BCUT2D eigenvalue weighted by atomic mass is 16.3. The largest absolute Gasteiger partial charge is 0.389 e. The monoisotopic (exact) mass is 289 g/mol. The lowest BCUT2D eigenvalue weighted by molar-refractivity contribution is -0.0613. The van der Waals surface area contributed by atoms with Crippen molar-refractivity contribution in [1.82, 2.24) is 19.6 Å². The van der Waals surface area contributed by atoms with Gasteiger partial charge in [-0.05, 0) is 19.3 Å². The van der Waals surface area contributed by atoms with Crippen LogP contribution in [-0.2, 0) is 0 Å². The fourth-order valence-electron chi connectivity index (χ4n) is 3.75. The minimum absolute atomic E-state index is 0.274. The Kier molecular flexibility index (Phi) is 2.78. The van der Waals surface area contributed by atoms with Gasteiger partial charge in [0.2, 0.25) is 0 Å². The molecule has 7 nitrogen and oxygen atoms in total. The Hall–Kier alpha value is -1.89. The first kappa shape index (κ1) is 12.8. The van der Waals surface area contributed by atoms with Gasteiger partial charge < -0.3 is 10.0 Å². The number of nitrogens with one attached hydrogen (secondary N) is 1. The van der Waals surface area contributed by atoms with Crippen molar-refractivity contribution in [1.29, 1.82) is 0 Å². The van der Waals surface area contributed by atoms with Crippen LogP contribution in [0.2, 0.25) is 0 Å². The van der Waals surface area contributed by atoms with Gasteiger partial charge in [0.05, 0.1) is 5.60 Å². The molecule has 2 aromatic heterocycles. The molecule has 2 fully saturated rings.